The Morgan fingerprint density at radius 3 is 2.65 bits per heavy atom. The molecule has 0 spiro atoms. The summed E-state index contributed by atoms with van der Waals surface area (Å²) in [6, 6.07) is 0. The standard InChI is InChI=1S/C16H27NO3/c1-4-17(5-2)9-8-14-11(3)13-7-6-12(18)10-15(13)20-16(14)19/h12-13,15,18H,4-10H2,1-3H3. The second-order valence-electron chi connectivity index (χ2n) is 5.96. The van der Waals surface area contributed by atoms with Gasteiger partial charge in [-0.05, 0) is 39.3 Å². The predicted octanol–water partition coefficient (Wildman–Crippen LogP) is 2.12. The van der Waals surface area contributed by atoms with Crippen LogP contribution in [0.5, 0.6) is 0 Å². The van der Waals surface area contributed by atoms with Crippen LogP contribution in [0, 0.1) is 5.92 Å². The van der Waals surface area contributed by atoms with E-state index in [1.807, 2.05) is 0 Å². The minimum Gasteiger partial charge on any atom is -0.458 e. The van der Waals surface area contributed by atoms with Crippen molar-refractivity contribution in [3.05, 3.63) is 11.1 Å². The van der Waals surface area contributed by atoms with E-state index in [4.69, 9.17) is 4.74 Å². The van der Waals surface area contributed by atoms with Crippen molar-refractivity contribution in [1.82, 2.24) is 4.90 Å². The van der Waals surface area contributed by atoms with Gasteiger partial charge in [-0.15, -0.1) is 0 Å². The van der Waals surface area contributed by atoms with Crippen molar-refractivity contribution >= 4 is 5.97 Å². The highest BCUT2D eigenvalue weighted by atomic mass is 16.5. The fourth-order valence-electron chi connectivity index (χ4n) is 3.44. The molecule has 0 bridgehead atoms. The van der Waals surface area contributed by atoms with Crippen molar-refractivity contribution in [2.45, 2.75) is 58.7 Å². The highest BCUT2D eigenvalue weighted by Crippen LogP contribution is 2.38. The summed E-state index contributed by atoms with van der Waals surface area (Å²) in [5, 5.41) is 9.71. The summed E-state index contributed by atoms with van der Waals surface area (Å²) >= 11 is 0. The van der Waals surface area contributed by atoms with Crippen LogP contribution in [-0.4, -0.2) is 47.8 Å². The lowest BCUT2D eigenvalue weighted by atomic mass is 9.77. The third-order valence-electron chi connectivity index (χ3n) is 4.87. The number of nitrogens with zero attached hydrogens (tertiary/aromatic N) is 1. The lowest BCUT2D eigenvalue weighted by Crippen LogP contribution is -2.41. The van der Waals surface area contributed by atoms with Gasteiger partial charge in [0, 0.05) is 24.5 Å². The highest BCUT2D eigenvalue weighted by Gasteiger charge is 2.39. The molecule has 1 heterocycles. The summed E-state index contributed by atoms with van der Waals surface area (Å²) in [6.07, 6.45) is 2.70. The fourth-order valence-corrected chi connectivity index (χ4v) is 3.44. The molecular formula is C16H27NO3. The number of carbonyl (C=O) groups excluding carboxylic acids is 1. The molecule has 0 saturated heterocycles. The zero-order chi connectivity index (χ0) is 14.7. The number of esters is 1. The number of aliphatic hydroxyl groups is 1. The van der Waals surface area contributed by atoms with Crippen LogP contribution >= 0.6 is 0 Å². The highest BCUT2D eigenvalue weighted by molar-refractivity contribution is 5.90. The molecule has 114 valence electrons. The summed E-state index contributed by atoms with van der Waals surface area (Å²) in [5.74, 6) is 0.160. The zero-order valence-corrected chi connectivity index (χ0v) is 12.9. The summed E-state index contributed by atoms with van der Waals surface area (Å²) in [4.78, 5) is 14.5. The van der Waals surface area contributed by atoms with Crippen molar-refractivity contribution in [2.75, 3.05) is 19.6 Å². The van der Waals surface area contributed by atoms with Gasteiger partial charge in [0.2, 0.25) is 0 Å². The summed E-state index contributed by atoms with van der Waals surface area (Å²) < 4.78 is 5.57. The van der Waals surface area contributed by atoms with E-state index < -0.39 is 0 Å². The van der Waals surface area contributed by atoms with Gasteiger partial charge in [-0.1, -0.05) is 19.4 Å². The summed E-state index contributed by atoms with van der Waals surface area (Å²) in [5.41, 5.74) is 2.07. The van der Waals surface area contributed by atoms with Gasteiger partial charge in [0.05, 0.1) is 6.10 Å². The molecule has 3 unspecified atom stereocenters. The van der Waals surface area contributed by atoms with E-state index in [0.717, 1.165) is 44.5 Å². The number of carbonyl (C=O) groups is 1. The normalized spacial score (nSPS) is 30.4. The molecule has 0 aromatic heterocycles. The van der Waals surface area contributed by atoms with Crippen molar-refractivity contribution in [2.24, 2.45) is 5.92 Å². The molecular weight excluding hydrogens is 254 g/mol. The van der Waals surface area contributed by atoms with Crippen LogP contribution in [-0.2, 0) is 9.53 Å². The molecule has 1 aliphatic heterocycles. The van der Waals surface area contributed by atoms with Crippen LogP contribution in [0.15, 0.2) is 11.1 Å². The summed E-state index contributed by atoms with van der Waals surface area (Å²) in [6.45, 7) is 9.29. The second-order valence-corrected chi connectivity index (χ2v) is 5.96. The molecule has 1 aliphatic carbocycles. The van der Waals surface area contributed by atoms with E-state index in [9.17, 15) is 9.90 Å². The van der Waals surface area contributed by atoms with E-state index in [0.29, 0.717) is 12.3 Å². The molecule has 2 rings (SSSR count). The molecule has 2 aliphatic rings. The largest absolute Gasteiger partial charge is 0.458 e. The zero-order valence-electron chi connectivity index (χ0n) is 12.9. The van der Waals surface area contributed by atoms with Crippen LogP contribution in [0.1, 0.15) is 46.5 Å². The van der Waals surface area contributed by atoms with E-state index in [-0.39, 0.29) is 18.2 Å². The predicted molar refractivity (Wildman–Crippen MR) is 78.3 cm³/mol. The third kappa shape index (κ3) is 3.23. The molecule has 0 aromatic rings. The Labute approximate surface area is 121 Å². The molecule has 0 aromatic carbocycles. The first kappa shape index (κ1) is 15.5. The fraction of sp³-hybridized carbons (Fsp3) is 0.812. The Balaban J connectivity index is 2.07. The Morgan fingerprint density at radius 2 is 2.00 bits per heavy atom. The Hall–Kier alpha value is -0.870. The molecule has 1 saturated carbocycles. The monoisotopic (exact) mass is 281 g/mol. The molecule has 3 atom stereocenters. The van der Waals surface area contributed by atoms with Gasteiger partial charge < -0.3 is 14.7 Å². The van der Waals surface area contributed by atoms with Crippen LogP contribution in [0.4, 0.5) is 0 Å². The number of rotatable bonds is 5. The van der Waals surface area contributed by atoms with Crippen molar-refractivity contribution in [3.8, 4) is 0 Å². The quantitative estimate of drug-likeness (QED) is 0.784. The first-order valence-corrected chi connectivity index (χ1v) is 7.87. The van der Waals surface area contributed by atoms with Crippen LogP contribution < -0.4 is 0 Å². The van der Waals surface area contributed by atoms with Crippen LogP contribution in [0.25, 0.3) is 0 Å². The molecule has 0 radical (unpaired) electrons. The molecule has 1 N–H and O–H groups in total. The first-order valence-electron chi connectivity index (χ1n) is 7.87. The van der Waals surface area contributed by atoms with Gasteiger partial charge in [0.25, 0.3) is 0 Å². The second kappa shape index (κ2) is 6.72. The first-order chi connectivity index (χ1) is 9.56. The maximum absolute atomic E-state index is 12.2. The van der Waals surface area contributed by atoms with Crippen LogP contribution in [0.3, 0.4) is 0 Å². The van der Waals surface area contributed by atoms with Crippen molar-refractivity contribution in [1.29, 1.82) is 0 Å². The average Bonchev–Trinajstić information content (AvgIpc) is 2.42. The van der Waals surface area contributed by atoms with Gasteiger partial charge in [-0.25, -0.2) is 4.79 Å². The van der Waals surface area contributed by atoms with Crippen molar-refractivity contribution < 1.29 is 14.6 Å². The number of aliphatic hydroxyl groups excluding tert-OH is 1. The Kier molecular flexibility index (Phi) is 5.22. The topological polar surface area (TPSA) is 49.8 Å². The molecule has 4 nitrogen and oxygen atoms in total. The average molecular weight is 281 g/mol. The molecule has 1 fully saturated rings. The van der Waals surface area contributed by atoms with Crippen molar-refractivity contribution in [3.63, 3.8) is 0 Å². The lowest BCUT2D eigenvalue weighted by molar-refractivity contribution is -0.153. The maximum atomic E-state index is 12.2. The van der Waals surface area contributed by atoms with Gasteiger partial charge >= 0.3 is 5.97 Å². The number of fused-ring (bicyclic) bond motifs is 1. The molecule has 4 heteroatoms. The number of hydrogen-bond donors (Lipinski definition) is 1. The van der Waals surface area contributed by atoms with E-state index in [1.54, 1.807) is 0 Å². The SMILES string of the molecule is CCN(CC)CCC1=C(C)C2CCC(O)CC2OC1=O. The Morgan fingerprint density at radius 1 is 1.30 bits per heavy atom. The number of hydrogen-bond acceptors (Lipinski definition) is 4. The van der Waals surface area contributed by atoms with Gasteiger partial charge in [0.15, 0.2) is 0 Å². The van der Waals surface area contributed by atoms with E-state index >= 15 is 0 Å². The Bertz CT molecular complexity index is 387. The van der Waals surface area contributed by atoms with Gasteiger partial charge in [0.1, 0.15) is 6.10 Å². The summed E-state index contributed by atoms with van der Waals surface area (Å²) in [7, 11) is 0. The minimum atomic E-state index is -0.311. The van der Waals surface area contributed by atoms with E-state index in [1.165, 1.54) is 5.57 Å². The smallest absolute Gasteiger partial charge is 0.334 e. The van der Waals surface area contributed by atoms with Gasteiger partial charge in [-0.2, -0.15) is 0 Å². The maximum Gasteiger partial charge on any atom is 0.334 e. The molecule has 20 heavy (non-hydrogen) atoms. The molecule has 0 amide bonds. The minimum absolute atomic E-state index is 0.108. The van der Waals surface area contributed by atoms with E-state index in [2.05, 4.69) is 25.7 Å². The third-order valence-corrected chi connectivity index (χ3v) is 4.87. The lowest BCUT2D eigenvalue weighted by Gasteiger charge is -2.38. The van der Waals surface area contributed by atoms with Gasteiger partial charge in [-0.3, -0.25) is 0 Å². The van der Waals surface area contributed by atoms with Crippen LogP contribution in [0.2, 0.25) is 0 Å². The number of ether oxygens (including phenoxy) is 1.